The third kappa shape index (κ3) is 27.0. The van der Waals surface area contributed by atoms with Crippen LogP contribution in [0.3, 0.4) is 0 Å². The second kappa shape index (κ2) is 43.0. The summed E-state index contributed by atoms with van der Waals surface area (Å²) < 4.78 is 25.7. The number of amides is 9. The number of likely N-dealkylation sites (tertiary alicyclic amines) is 1. The average molecular weight is 1740 g/mol. The van der Waals surface area contributed by atoms with Gasteiger partial charge in [0.2, 0.25) is 53.2 Å². The third-order valence-corrected chi connectivity index (χ3v) is 24.5. The van der Waals surface area contributed by atoms with E-state index in [9.17, 15) is 48.0 Å². The Labute approximate surface area is 713 Å². The predicted octanol–water partition coefficient (Wildman–Crippen LogP) is 5.23. The van der Waals surface area contributed by atoms with Gasteiger partial charge in [-0.15, -0.1) is 0 Å². The number of nitrogens with one attached hydrogen (secondary N) is 6. The van der Waals surface area contributed by atoms with Gasteiger partial charge in [-0.25, -0.2) is 8.42 Å². The van der Waals surface area contributed by atoms with Crippen LogP contribution in [-0.2, 0) is 99.5 Å². The van der Waals surface area contributed by atoms with Crippen LogP contribution in [0.25, 0.3) is 5.57 Å². The summed E-state index contributed by atoms with van der Waals surface area (Å²) in [5, 5.41) is 61.4. The molecule has 28 nitrogen and oxygen atoms in total. The summed E-state index contributed by atoms with van der Waals surface area (Å²) in [7, 11) is -1.61. The summed E-state index contributed by atoms with van der Waals surface area (Å²) >= 11 is 25.8. The highest BCUT2D eigenvalue weighted by molar-refractivity contribution is 7.90. The van der Waals surface area contributed by atoms with E-state index in [4.69, 9.17) is 52.1 Å². The number of aliphatic hydroxyl groups is 4. The molecule has 2 heterocycles. The lowest BCUT2D eigenvalue weighted by Gasteiger charge is -2.39. The van der Waals surface area contributed by atoms with Crippen LogP contribution >= 0.6 is 46.4 Å². The van der Waals surface area contributed by atoms with E-state index in [2.05, 4.69) is 52.7 Å². The number of fused-ring (bicyclic) bond motifs is 1. The number of sulfone groups is 1. The molecular formula is C86H108Cl4N10O18S. The van der Waals surface area contributed by atoms with Gasteiger partial charge in [-0.2, -0.15) is 0 Å². The second-order valence-corrected chi connectivity index (χ2v) is 36.5. The molecule has 8 rings (SSSR count). The van der Waals surface area contributed by atoms with Crippen molar-refractivity contribution in [1.29, 1.82) is 0 Å². The predicted molar refractivity (Wildman–Crippen MR) is 451 cm³/mol. The van der Waals surface area contributed by atoms with Crippen molar-refractivity contribution in [2.75, 3.05) is 52.4 Å². The van der Waals surface area contributed by atoms with Gasteiger partial charge in [-0.1, -0.05) is 146 Å². The molecular weight excluding hydrogens is 1630 g/mol. The summed E-state index contributed by atoms with van der Waals surface area (Å²) in [6.45, 7) is 6.74. The Balaban J connectivity index is 1.25. The number of halogens is 4. The number of nitrogens with zero attached hydrogens (tertiary/aromatic N) is 3. The normalized spacial score (nSPS) is 24.9. The number of allylic oxidation sites excluding steroid dienone is 1. The molecule has 0 spiro atoms. The van der Waals surface area contributed by atoms with Gasteiger partial charge >= 0.3 is 0 Å². The van der Waals surface area contributed by atoms with Crippen molar-refractivity contribution in [2.45, 2.75) is 191 Å². The topological polar surface area (TPSA) is 428 Å². The van der Waals surface area contributed by atoms with Gasteiger partial charge in [-0.05, 0) is 158 Å². The first-order chi connectivity index (χ1) is 56.1. The lowest BCUT2D eigenvalue weighted by atomic mass is 9.75. The summed E-state index contributed by atoms with van der Waals surface area (Å²) in [5.74, 6) is -15.2. The van der Waals surface area contributed by atoms with Gasteiger partial charge in [0.1, 0.15) is 63.5 Å². The SMILES string of the molecule is C[C@@H](O)[C@@H]1NC(=O)[C@H](CO)N(C)C(=O)[C@H](Cc2cccc(Cl)c2)NC(=O)[C@H](CCS(C)(=O)=O)NC(=O)[C@H](CO)NC(=O)C[C@@H](C(=O)N2CCC(C(C)(C)C)CC2)CCC(=O)[C@H](Cc2cccc(Cl)c2)CC(=O)[C@](N)([C@@H](C)O)CC(=O)[C@H](Cc2ccc(Cl)cc2)N(C)C(=O)[C@H](Cc2cccc(Cl)c2)NC(=O)[C@H](CC2=CCc3ccccc32)NC1=O. The molecule has 12 N–H and O–H groups in total. The quantitative estimate of drug-likeness (QED) is 0.0535. The largest absolute Gasteiger partial charge is 0.394 e. The minimum Gasteiger partial charge on any atom is -0.394 e. The van der Waals surface area contributed by atoms with Gasteiger partial charge < -0.3 is 72.8 Å². The van der Waals surface area contributed by atoms with Crippen LogP contribution in [0.5, 0.6) is 0 Å². The van der Waals surface area contributed by atoms with E-state index >= 15 is 38.4 Å². The van der Waals surface area contributed by atoms with E-state index in [1.807, 2.05) is 18.2 Å². The van der Waals surface area contributed by atoms with Crippen LogP contribution in [0.4, 0.5) is 0 Å². The van der Waals surface area contributed by atoms with Crippen molar-refractivity contribution in [3.63, 3.8) is 0 Å². The molecule has 5 aromatic carbocycles. The third-order valence-electron chi connectivity index (χ3n) is 22.5. The van der Waals surface area contributed by atoms with Crippen molar-refractivity contribution in [3.8, 4) is 0 Å². The number of nitrogens with two attached hydrogens (primary N) is 1. The minimum atomic E-state index is -3.96. The van der Waals surface area contributed by atoms with E-state index in [1.54, 1.807) is 83.8 Å². The smallest absolute Gasteiger partial charge is 0.245 e. The number of aliphatic hydroxyl groups excluding tert-OH is 4. The summed E-state index contributed by atoms with van der Waals surface area (Å²) in [5.41, 5.74) is 8.15. The van der Waals surface area contributed by atoms with Gasteiger partial charge in [0.05, 0.1) is 37.2 Å². The minimum absolute atomic E-state index is 0.138. The van der Waals surface area contributed by atoms with Gasteiger partial charge in [-0.3, -0.25) is 57.5 Å². The number of likely N-dealkylation sites (N-methyl/N-ethyl adjacent to an activating group) is 2. The molecule has 5 aromatic rings. The number of piperidine rings is 1. The first-order valence-electron chi connectivity index (χ1n) is 39.6. The number of hydrogen-bond donors (Lipinski definition) is 11. The summed E-state index contributed by atoms with van der Waals surface area (Å²) in [6, 6.07) is 17.8. The molecule has 0 saturated carbocycles. The molecule has 9 amide bonds. The van der Waals surface area contributed by atoms with Gasteiger partial charge in [0.15, 0.2) is 11.6 Å². The molecule has 119 heavy (non-hydrogen) atoms. The van der Waals surface area contributed by atoms with Crippen molar-refractivity contribution < 1.29 is 86.4 Å². The monoisotopic (exact) mass is 1740 g/mol. The molecule has 2 saturated heterocycles. The van der Waals surface area contributed by atoms with Gasteiger partial charge in [0, 0.05) is 110 Å². The van der Waals surface area contributed by atoms with Crippen molar-refractivity contribution in [2.24, 2.45) is 28.9 Å². The van der Waals surface area contributed by atoms with Crippen molar-refractivity contribution in [3.05, 3.63) is 181 Å². The van der Waals surface area contributed by atoms with Gasteiger partial charge in [0.25, 0.3) is 0 Å². The molecule has 13 atom stereocenters. The molecule has 644 valence electrons. The summed E-state index contributed by atoms with van der Waals surface area (Å²) in [6.07, 6.45) is -4.85. The Hall–Kier alpha value is -9.01. The maximum absolute atomic E-state index is 15.9. The first-order valence-corrected chi connectivity index (χ1v) is 43.1. The zero-order valence-electron chi connectivity index (χ0n) is 67.9. The molecule has 33 heteroatoms. The number of ketones is 3. The molecule has 0 radical (unpaired) electrons. The van der Waals surface area contributed by atoms with Crippen LogP contribution in [-0.4, -0.2) is 233 Å². The number of Topliss-reactive ketones (excluding diaryl/α,β-unsaturated/α-hetero) is 3. The first kappa shape index (κ1) is 95.5. The second-order valence-electron chi connectivity index (χ2n) is 32.5. The highest BCUT2D eigenvalue weighted by Gasteiger charge is 2.47. The number of carbonyl (C=O) groups is 12. The highest BCUT2D eigenvalue weighted by atomic mass is 35.5. The lowest BCUT2D eigenvalue weighted by molar-refractivity contribution is -0.145. The number of rotatable bonds is 18. The Kier molecular flexibility index (Phi) is 34.5. The van der Waals surface area contributed by atoms with Crippen molar-refractivity contribution in [1.82, 2.24) is 46.6 Å². The molecule has 0 unspecified atom stereocenters. The van der Waals surface area contributed by atoms with Crippen LogP contribution < -0.4 is 37.6 Å². The van der Waals surface area contributed by atoms with Crippen LogP contribution in [0.2, 0.25) is 20.1 Å². The lowest BCUT2D eigenvalue weighted by Crippen LogP contribution is -2.63. The molecule has 0 aromatic heterocycles. The maximum Gasteiger partial charge on any atom is 0.245 e. The Morgan fingerprint density at radius 1 is 0.563 bits per heavy atom. The average Bonchev–Trinajstić information content (AvgIpc) is 1.58. The number of carbonyl (C=O) groups excluding carboxylic acids is 12. The van der Waals surface area contributed by atoms with Crippen LogP contribution in [0, 0.1) is 23.2 Å². The van der Waals surface area contributed by atoms with Crippen LogP contribution in [0.15, 0.2) is 127 Å². The fourth-order valence-electron chi connectivity index (χ4n) is 15.3. The Morgan fingerprint density at radius 2 is 1.08 bits per heavy atom. The molecule has 1 aliphatic carbocycles. The maximum atomic E-state index is 15.9. The van der Waals surface area contributed by atoms with Crippen molar-refractivity contribution >= 4 is 132 Å². The molecule has 0 bridgehead atoms. The van der Waals surface area contributed by atoms with E-state index in [0.29, 0.717) is 57.7 Å². The molecule has 2 fully saturated rings. The van der Waals surface area contributed by atoms with E-state index in [0.717, 1.165) is 35.6 Å². The Morgan fingerprint density at radius 3 is 1.61 bits per heavy atom. The fraction of sp³-hybridized carbons (Fsp3) is 0.488. The standard InChI is InChI=1S/C86H108Cl4N10O18S/c1-49(103)76-81(113)94-66(43-56-25-24-55-17-9-10-21-64(55)56)78(110)96-67(40-53-15-12-19-62(89)38-53)83(115)98(6)70(42-51-22-27-60(87)28-23-51)73(106)46-86(91,50(2)104)74(107)44-58(36-52-14-11-18-61(88)37-52)72(105)29-26-57(82(114)100-33-30-59(31-34-100)85(3,4)5)45-75(108)92-69(47-101)79(111)93-65(32-35-119(8,117)118)77(109)95-68(41-54-16-13-20-63(90)39-54)84(116)99(7)71(48-102)80(112)97-76/h9-23,25,27-28,37-39,49-50,57-59,65-71,76,101-104H,24,26,29-36,40-48,91H2,1-8H3,(H,92,108)(H,93,111)(H,94,113)(H,95,109)(H,96,110)(H,97,112)/t49-,50-,57+,58-,65+,66+,67+,68+,69+,70+,71+,76+,86-/m1/s1. The van der Waals surface area contributed by atoms with Crippen LogP contribution in [0.1, 0.15) is 126 Å². The highest BCUT2D eigenvalue weighted by Crippen LogP contribution is 2.37. The zero-order chi connectivity index (χ0) is 87.5. The number of hydrogen-bond acceptors (Lipinski definition) is 19. The number of benzene rings is 5. The fourth-order valence-corrected chi connectivity index (χ4v) is 16.7. The Bertz CT molecular complexity index is 4670. The molecule has 2 aliphatic heterocycles. The van der Waals surface area contributed by atoms with E-state index in [1.165, 1.54) is 44.3 Å². The summed E-state index contributed by atoms with van der Waals surface area (Å²) in [4.78, 5) is 185. The van der Waals surface area contributed by atoms with E-state index < -0.39 is 216 Å². The zero-order valence-corrected chi connectivity index (χ0v) is 71.7. The molecule has 3 aliphatic rings. The van der Waals surface area contributed by atoms with E-state index in [-0.39, 0.29) is 71.6 Å².